The lowest BCUT2D eigenvalue weighted by atomic mass is 10.1. The van der Waals surface area contributed by atoms with Gasteiger partial charge in [-0.25, -0.2) is 8.42 Å². The summed E-state index contributed by atoms with van der Waals surface area (Å²) in [6, 6.07) is 7.32. The number of hydrogen-bond acceptors (Lipinski definition) is 3. The van der Waals surface area contributed by atoms with Gasteiger partial charge in [-0.2, -0.15) is 4.31 Å². The fourth-order valence-corrected chi connectivity index (χ4v) is 3.70. The van der Waals surface area contributed by atoms with Crippen LogP contribution in [0.1, 0.15) is 45.7 Å². The average molecular weight is 312 g/mol. The van der Waals surface area contributed by atoms with Crippen LogP contribution in [0.15, 0.2) is 29.2 Å². The van der Waals surface area contributed by atoms with E-state index in [-0.39, 0.29) is 12.1 Å². The molecule has 0 saturated heterocycles. The van der Waals surface area contributed by atoms with Gasteiger partial charge in [0.1, 0.15) is 0 Å². The van der Waals surface area contributed by atoms with E-state index in [4.69, 9.17) is 0 Å². The molecule has 4 nitrogen and oxygen atoms in total. The van der Waals surface area contributed by atoms with Crippen molar-refractivity contribution in [1.82, 2.24) is 9.62 Å². The maximum absolute atomic E-state index is 12.6. The van der Waals surface area contributed by atoms with E-state index in [1.165, 1.54) is 4.31 Å². The first-order valence-electron chi connectivity index (χ1n) is 7.45. The van der Waals surface area contributed by atoms with E-state index in [9.17, 15) is 8.42 Å². The Labute approximate surface area is 129 Å². The molecule has 5 heteroatoms. The third-order valence-electron chi connectivity index (χ3n) is 3.92. The molecule has 0 amide bonds. The van der Waals surface area contributed by atoms with E-state index in [2.05, 4.69) is 19.2 Å². The van der Waals surface area contributed by atoms with Gasteiger partial charge in [0, 0.05) is 19.1 Å². The van der Waals surface area contributed by atoms with Crippen LogP contribution >= 0.6 is 0 Å². The van der Waals surface area contributed by atoms with Crippen LogP contribution in [0.25, 0.3) is 0 Å². The van der Waals surface area contributed by atoms with Crippen molar-refractivity contribution in [3.8, 4) is 0 Å². The van der Waals surface area contributed by atoms with Gasteiger partial charge >= 0.3 is 0 Å². The highest BCUT2D eigenvalue weighted by molar-refractivity contribution is 7.89. The Morgan fingerprint density at radius 2 is 1.62 bits per heavy atom. The molecule has 0 spiro atoms. The molecule has 1 N–H and O–H groups in total. The summed E-state index contributed by atoms with van der Waals surface area (Å²) in [7, 11) is 0.125. The number of nitrogens with one attached hydrogen (secondary N) is 1. The van der Waals surface area contributed by atoms with Crippen molar-refractivity contribution >= 4 is 10.0 Å². The highest BCUT2D eigenvalue weighted by atomic mass is 32.2. The molecular weight excluding hydrogens is 284 g/mol. The molecule has 2 unspecified atom stereocenters. The molecule has 1 rings (SSSR count). The molecule has 0 aliphatic carbocycles. The van der Waals surface area contributed by atoms with E-state index in [0.29, 0.717) is 10.8 Å². The summed E-state index contributed by atoms with van der Waals surface area (Å²) in [5, 5.41) is 3.14. The van der Waals surface area contributed by atoms with Crippen LogP contribution in [-0.4, -0.2) is 32.9 Å². The van der Waals surface area contributed by atoms with Crippen molar-refractivity contribution in [1.29, 1.82) is 0 Å². The largest absolute Gasteiger partial charge is 0.313 e. The van der Waals surface area contributed by atoms with E-state index >= 15 is 0 Å². The number of hydrogen-bond donors (Lipinski definition) is 1. The summed E-state index contributed by atoms with van der Waals surface area (Å²) in [5.74, 6) is 0.469. The number of rotatable bonds is 7. The van der Waals surface area contributed by atoms with Gasteiger partial charge in [0.2, 0.25) is 10.0 Å². The van der Waals surface area contributed by atoms with Gasteiger partial charge < -0.3 is 5.32 Å². The molecule has 21 heavy (non-hydrogen) atoms. The van der Waals surface area contributed by atoms with E-state index in [1.54, 1.807) is 19.2 Å². The molecule has 0 aromatic heterocycles. The van der Waals surface area contributed by atoms with Crippen molar-refractivity contribution in [2.45, 2.75) is 51.1 Å². The normalized spacial score (nSPS) is 15.4. The Morgan fingerprint density at radius 3 is 2.05 bits per heavy atom. The molecule has 1 aromatic rings. The first kappa shape index (κ1) is 18.1. The molecule has 120 valence electrons. The predicted molar refractivity (Wildman–Crippen MR) is 87.8 cm³/mol. The van der Waals surface area contributed by atoms with Crippen LogP contribution in [-0.2, 0) is 10.0 Å². The highest BCUT2D eigenvalue weighted by Crippen LogP contribution is 2.21. The zero-order valence-corrected chi connectivity index (χ0v) is 14.7. The van der Waals surface area contributed by atoms with Crippen LogP contribution in [0.4, 0.5) is 0 Å². The van der Waals surface area contributed by atoms with Crippen LogP contribution < -0.4 is 5.32 Å². The molecule has 2 atom stereocenters. The SMILES string of the molecule is CNC(C)c1ccc(S(=O)(=O)N(C)C(C)CC(C)C)cc1. The molecule has 0 radical (unpaired) electrons. The minimum atomic E-state index is -3.42. The summed E-state index contributed by atoms with van der Waals surface area (Å²) >= 11 is 0. The Bertz CT molecular complexity index is 538. The van der Waals surface area contributed by atoms with Gasteiger partial charge in [-0.3, -0.25) is 0 Å². The van der Waals surface area contributed by atoms with E-state index < -0.39 is 10.0 Å². The third-order valence-corrected chi connectivity index (χ3v) is 5.91. The Hall–Kier alpha value is -0.910. The van der Waals surface area contributed by atoms with Crippen molar-refractivity contribution in [2.24, 2.45) is 5.92 Å². The monoisotopic (exact) mass is 312 g/mol. The second kappa shape index (κ2) is 7.38. The Balaban J connectivity index is 2.97. The highest BCUT2D eigenvalue weighted by Gasteiger charge is 2.25. The maximum atomic E-state index is 12.6. The lowest BCUT2D eigenvalue weighted by Crippen LogP contribution is -2.35. The summed E-state index contributed by atoms with van der Waals surface area (Å²) in [6.07, 6.45) is 0.852. The summed E-state index contributed by atoms with van der Waals surface area (Å²) in [5.41, 5.74) is 1.08. The van der Waals surface area contributed by atoms with Crippen LogP contribution in [0.3, 0.4) is 0 Å². The predicted octanol–water partition coefficient (Wildman–Crippen LogP) is 3.02. The molecule has 0 aliphatic heterocycles. The van der Waals surface area contributed by atoms with Gasteiger partial charge in [0.05, 0.1) is 4.90 Å². The molecule has 0 heterocycles. The quantitative estimate of drug-likeness (QED) is 0.842. The molecule has 1 aromatic carbocycles. The summed E-state index contributed by atoms with van der Waals surface area (Å²) in [6.45, 7) is 8.20. The van der Waals surface area contributed by atoms with Crippen LogP contribution in [0.2, 0.25) is 0 Å². The van der Waals surface area contributed by atoms with Crippen LogP contribution in [0, 0.1) is 5.92 Å². The summed E-state index contributed by atoms with van der Waals surface area (Å²) in [4.78, 5) is 0.354. The van der Waals surface area contributed by atoms with Crippen molar-refractivity contribution < 1.29 is 8.42 Å². The minimum Gasteiger partial charge on any atom is -0.313 e. The molecule has 0 saturated carbocycles. The number of sulfonamides is 1. The first-order valence-corrected chi connectivity index (χ1v) is 8.89. The van der Waals surface area contributed by atoms with Crippen molar-refractivity contribution in [3.63, 3.8) is 0 Å². The molecule has 0 bridgehead atoms. The van der Waals surface area contributed by atoms with Gasteiger partial charge in [-0.05, 0) is 50.9 Å². The second-order valence-corrected chi connectivity index (χ2v) is 8.08. The summed E-state index contributed by atoms with van der Waals surface area (Å²) < 4.78 is 26.7. The zero-order chi connectivity index (χ0) is 16.2. The van der Waals surface area contributed by atoms with Gasteiger partial charge in [-0.15, -0.1) is 0 Å². The maximum Gasteiger partial charge on any atom is 0.243 e. The first-order chi connectivity index (χ1) is 9.70. The molecule has 0 fully saturated rings. The fraction of sp³-hybridized carbons (Fsp3) is 0.625. The van der Waals surface area contributed by atoms with Crippen LogP contribution in [0.5, 0.6) is 0 Å². The second-order valence-electron chi connectivity index (χ2n) is 6.08. The van der Waals surface area contributed by atoms with Gasteiger partial charge in [-0.1, -0.05) is 26.0 Å². The number of nitrogens with zero attached hydrogens (tertiary/aromatic N) is 1. The molecule has 0 aliphatic rings. The Kier molecular flexibility index (Phi) is 6.38. The third kappa shape index (κ3) is 4.53. The van der Waals surface area contributed by atoms with Gasteiger partial charge in [0.15, 0.2) is 0 Å². The topological polar surface area (TPSA) is 49.4 Å². The number of benzene rings is 1. The van der Waals surface area contributed by atoms with Crippen molar-refractivity contribution in [3.05, 3.63) is 29.8 Å². The smallest absolute Gasteiger partial charge is 0.243 e. The van der Waals surface area contributed by atoms with Crippen molar-refractivity contribution in [2.75, 3.05) is 14.1 Å². The Morgan fingerprint density at radius 1 is 1.10 bits per heavy atom. The minimum absolute atomic E-state index is 0.00842. The molecular formula is C16H28N2O2S. The van der Waals surface area contributed by atoms with E-state index in [1.807, 2.05) is 33.0 Å². The van der Waals surface area contributed by atoms with Gasteiger partial charge in [0.25, 0.3) is 0 Å². The standard InChI is InChI=1S/C16H28N2O2S/c1-12(2)11-13(3)18(6)21(19,20)16-9-7-15(8-10-16)14(4)17-5/h7-10,12-14,17H,11H2,1-6H3. The lowest BCUT2D eigenvalue weighted by molar-refractivity contribution is 0.338. The van der Waals surface area contributed by atoms with E-state index in [0.717, 1.165) is 12.0 Å². The lowest BCUT2D eigenvalue weighted by Gasteiger charge is -2.25. The average Bonchev–Trinajstić information content (AvgIpc) is 2.44. The fourth-order valence-electron chi connectivity index (χ4n) is 2.33. The zero-order valence-electron chi connectivity index (χ0n) is 13.9.